The SMILES string of the molecule is CC(Oc1ccc(C(=O)Nc2ccnn2C(C)C)cn1)c1ccccc1. The van der Waals surface area contributed by atoms with Crippen LogP contribution in [-0.2, 0) is 0 Å². The summed E-state index contributed by atoms with van der Waals surface area (Å²) in [7, 11) is 0. The van der Waals surface area contributed by atoms with Crippen LogP contribution in [0.1, 0.15) is 48.8 Å². The number of hydrogen-bond acceptors (Lipinski definition) is 4. The van der Waals surface area contributed by atoms with E-state index in [4.69, 9.17) is 4.74 Å². The minimum Gasteiger partial charge on any atom is -0.470 e. The van der Waals surface area contributed by atoms with Gasteiger partial charge in [-0.2, -0.15) is 5.10 Å². The molecule has 0 aliphatic heterocycles. The Morgan fingerprint density at radius 3 is 2.50 bits per heavy atom. The number of anilines is 1. The number of amides is 1. The van der Waals surface area contributed by atoms with E-state index in [-0.39, 0.29) is 18.1 Å². The Kier molecular flexibility index (Phi) is 5.31. The van der Waals surface area contributed by atoms with Crippen molar-refractivity contribution in [3.8, 4) is 5.88 Å². The zero-order valence-electron chi connectivity index (χ0n) is 15.1. The topological polar surface area (TPSA) is 69.0 Å². The van der Waals surface area contributed by atoms with Gasteiger partial charge in [-0.3, -0.25) is 4.79 Å². The lowest BCUT2D eigenvalue weighted by Gasteiger charge is -2.14. The highest BCUT2D eigenvalue weighted by atomic mass is 16.5. The maximum Gasteiger partial charge on any atom is 0.258 e. The summed E-state index contributed by atoms with van der Waals surface area (Å²) in [6.07, 6.45) is 3.05. The second-order valence-corrected chi connectivity index (χ2v) is 6.26. The number of rotatable bonds is 6. The summed E-state index contributed by atoms with van der Waals surface area (Å²) in [5.41, 5.74) is 1.53. The zero-order chi connectivity index (χ0) is 18.5. The quantitative estimate of drug-likeness (QED) is 0.721. The molecule has 0 saturated heterocycles. The van der Waals surface area contributed by atoms with Crippen molar-refractivity contribution >= 4 is 11.7 Å². The predicted octanol–water partition coefficient (Wildman–Crippen LogP) is 4.25. The molecule has 134 valence electrons. The zero-order valence-corrected chi connectivity index (χ0v) is 15.1. The summed E-state index contributed by atoms with van der Waals surface area (Å²) < 4.78 is 7.59. The third-order valence-corrected chi connectivity index (χ3v) is 3.97. The number of nitrogens with one attached hydrogen (secondary N) is 1. The highest BCUT2D eigenvalue weighted by molar-refractivity contribution is 6.03. The Hall–Kier alpha value is -3.15. The van der Waals surface area contributed by atoms with Gasteiger partial charge in [0.05, 0.1) is 11.8 Å². The van der Waals surface area contributed by atoms with Crippen LogP contribution in [0, 0.1) is 0 Å². The average Bonchev–Trinajstić information content (AvgIpc) is 3.11. The fraction of sp³-hybridized carbons (Fsp3) is 0.250. The van der Waals surface area contributed by atoms with Crippen molar-refractivity contribution in [2.24, 2.45) is 0 Å². The van der Waals surface area contributed by atoms with E-state index >= 15 is 0 Å². The first-order valence-electron chi connectivity index (χ1n) is 8.57. The van der Waals surface area contributed by atoms with E-state index in [1.165, 1.54) is 6.20 Å². The molecule has 0 aliphatic carbocycles. The molecule has 0 fully saturated rings. The summed E-state index contributed by atoms with van der Waals surface area (Å²) in [4.78, 5) is 16.7. The molecule has 0 bridgehead atoms. The second-order valence-electron chi connectivity index (χ2n) is 6.26. The molecule has 0 saturated carbocycles. The van der Waals surface area contributed by atoms with E-state index in [0.29, 0.717) is 17.3 Å². The molecule has 3 aromatic rings. The van der Waals surface area contributed by atoms with Crippen molar-refractivity contribution in [3.63, 3.8) is 0 Å². The van der Waals surface area contributed by atoms with Crippen LogP contribution < -0.4 is 10.1 Å². The summed E-state index contributed by atoms with van der Waals surface area (Å²) in [6.45, 7) is 5.97. The summed E-state index contributed by atoms with van der Waals surface area (Å²) in [5, 5.41) is 7.06. The maximum absolute atomic E-state index is 12.4. The van der Waals surface area contributed by atoms with Crippen molar-refractivity contribution in [1.82, 2.24) is 14.8 Å². The fourth-order valence-corrected chi connectivity index (χ4v) is 2.57. The number of carbonyl (C=O) groups excluding carboxylic acids is 1. The minimum absolute atomic E-state index is 0.122. The van der Waals surface area contributed by atoms with Crippen LogP contribution in [0.25, 0.3) is 0 Å². The molecule has 3 rings (SSSR count). The first-order chi connectivity index (χ1) is 12.5. The normalized spacial score (nSPS) is 12.0. The van der Waals surface area contributed by atoms with E-state index in [0.717, 1.165) is 5.56 Å². The van der Waals surface area contributed by atoms with Crippen molar-refractivity contribution in [1.29, 1.82) is 0 Å². The number of benzene rings is 1. The Morgan fingerprint density at radius 1 is 1.08 bits per heavy atom. The number of pyridine rings is 1. The largest absolute Gasteiger partial charge is 0.470 e. The molecule has 26 heavy (non-hydrogen) atoms. The Labute approximate surface area is 152 Å². The van der Waals surface area contributed by atoms with E-state index in [1.807, 2.05) is 51.1 Å². The van der Waals surface area contributed by atoms with Crippen molar-refractivity contribution in [3.05, 3.63) is 72.1 Å². The van der Waals surface area contributed by atoms with E-state index in [9.17, 15) is 4.79 Å². The first-order valence-corrected chi connectivity index (χ1v) is 8.57. The summed E-state index contributed by atoms with van der Waals surface area (Å²) in [6, 6.07) is 15.2. The van der Waals surface area contributed by atoms with Crippen LogP contribution in [0.15, 0.2) is 60.9 Å². The lowest BCUT2D eigenvalue weighted by atomic mass is 10.1. The van der Waals surface area contributed by atoms with Gasteiger partial charge in [-0.1, -0.05) is 30.3 Å². The third-order valence-electron chi connectivity index (χ3n) is 3.97. The molecule has 1 amide bonds. The number of hydrogen-bond donors (Lipinski definition) is 1. The third kappa shape index (κ3) is 4.08. The lowest BCUT2D eigenvalue weighted by Crippen LogP contribution is -2.17. The van der Waals surface area contributed by atoms with Gasteiger partial charge in [-0.15, -0.1) is 0 Å². The van der Waals surface area contributed by atoms with Gasteiger partial charge < -0.3 is 10.1 Å². The smallest absolute Gasteiger partial charge is 0.258 e. The Balaban J connectivity index is 1.65. The van der Waals surface area contributed by atoms with Gasteiger partial charge in [0.2, 0.25) is 5.88 Å². The average molecular weight is 350 g/mol. The monoisotopic (exact) mass is 350 g/mol. The van der Waals surface area contributed by atoms with Crippen LogP contribution in [0.4, 0.5) is 5.82 Å². The van der Waals surface area contributed by atoms with Crippen LogP contribution in [0.5, 0.6) is 5.88 Å². The predicted molar refractivity (Wildman–Crippen MR) is 100 cm³/mol. The van der Waals surface area contributed by atoms with Crippen molar-refractivity contribution < 1.29 is 9.53 Å². The molecule has 0 spiro atoms. The van der Waals surface area contributed by atoms with E-state index in [1.54, 1.807) is 29.1 Å². The summed E-state index contributed by atoms with van der Waals surface area (Å²) >= 11 is 0. The van der Waals surface area contributed by atoms with Gasteiger partial charge in [0.25, 0.3) is 5.91 Å². The fourth-order valence-electron chi connectivity index (χ4n) is 2.57. The van der Waals surface area contributed by atoms with Gasteiger partial charge in [0, 0.05) is 24.4 Å². The molecule has 1 atom stereocenters. The molecular weight excluding hydrogens is 328 g/mol. The second kappa shape index (κ2) is 7.82. The van der Waals surface area contributed by atoms with Crippen LogP contribution >= 0.6 is 0 Å². The van der Waals surface area contributed by atoms with Crippen LogP contribution in [-0.4, -0.2) is 20.7 Å². The summed E-state index contributed by atoms with van der Waals surface area (Å²) in [5.74, 6) is 0.899. The molecule has 1 aromatic carbocycles. The highest BCUT2D eigenvalue weighted by Crippen LogP contribution is 2.20. The Bertz CT molecular complexity index is 857. The Morgan fingerprint density at radius 2 is 1.85 bits per heavy atom. The van der Waals surface area contributed by atoms with Crippen molar-refractivity contribution in [2.45, 2.75) is 32.9 Å². The molecule has 1 N–H and O–H groups in total. The molecule has 2 heterocycles. The molecule has 6 nitrogen and oxygen atoms in total. The molecule has 1 unspecified atom stereocenters. The van der Waals surface area contributed by atoms with Gasteiger partial charge >= 0.3 is 0 Å². The maximum atomic E-state index is 12.4. The van der Waals surface area contributed by atoms with Gasteiger partial charge in [0.15, 0.2) is 0 Å². The standard InChI is InChI=1S/C20H22N4O2/c1-14(2)24-18(11-12-22-24)23-20(25)17-9-10-19(21-13-17)26-15(3)16-7-5-4-6-8-16/h4-15H,1-3H3,(H,23,25). The van der Waals surface area contributed by atoms with Crippen LogP contribution in [0.3, 0.4) is 0 Å². The van der Waals surface area contributed by atoms with Crippen molar-refractivity contribution in [2.75, 3.05) is 5.32 Å². The minimum atomic E-state index is -0.234. The first kappa shape index (κ1) is 17.7. The van der Waals surface area contributed by atoms with Crippen LogP contribution in [0.2, 0.25) is 0 Å². The molecule has 0 radical (unpaired) electrons. The molecular formula is C20H22N4O2. The van der Waals surface area contributed by atoms with E-state index < -0.39 is 0 Å². The van der Waals surface area contributed by atoms with Gasteiger partial charge in [0.1, 0.15) is 11.9 Å². The number of carbonyl (C=O) groups is 1. The lowest BCUT2D eigenvalue weighted by molar-refractivity contribution is 0.102. The molecule has 0 aliphatic rings. The van der Waals surface area contributed by atoms with Gasteiger partial charge in [-0.25, -0.2) is 9.67 Å². The number of aromatic nitrogens is 3. The van der Waals surface area contributed by atoms with E-state index in [2.05, 4.69) is 15.4 Å². The number of nitrogens with zero attached hydrogens (tertiary/aromatic N) is 3. The number of ether oxygens (including phenoxy) is 1. The molecule has 2 aromatic heterocycles. The van der Waals surface area contributed by atoms with Gasteiger partial charge in [-0.05, 0) is 32.4 Å². The highest BCUT2D eigenvalue weighted by Gasteiger charge is 2.13. The molecule has 6 heteroatoms.